The van der Waals surface area contributed by atoms with Crippen molar-refractivity contribution in [1.82, 2.24) is 5.32 Å². The third-order valence-electron chi connectivity index (χ3n) is 4.84. The average molecular weight is 480 g/mol. The van der Waals surface area contributed by atoms with Crippen LogP contribution in [-0.2, 0) is 14.3 Å². The molecule has 0 atom stereocenters. The summed E-state index contributed by atoms with van der Waals surface area (Å²) in [7, 11) is 0. The van der Waals surface area contributed by atoms with Gasteiger partial charge >= 0.3 is 12.1 Å². The van der Waals surface area contributed by atoms with Crippen molar-refractivity contribution < 1.29 is 33.3 Å². The van der Waals surface area contributed by atoms with Crippen LogP contribution < -0.4 is 19.5 Å². The lowest BCUT2D eigenvalue weighted by Crippen LogP contribution is -2.30. The van der Waals surface area contributed by atoms with Crippen molar-refractivity contribution in [2.24, 2.45) is 0 Å². The second kappa shape index (κ2) is 13.6. The molecular formula is C27H29NO7. The van der Waals surface area contributed by atoms with Gasteiger partial charge in [0.2, 0.25) is 0 Å². The molecule has 0 aliphatic heterocycles. The first-order valence-corrected chi connectivity index (χ1v) is 11.2. The average Bonchev–Trinajstić information content (AvgIpc) is 2.88. The predicted octanol–water partition coefficient (Wildman–Crippen LogP) is 4.44. The maximum atomic E-state index is 12.3. The van der Waals surface area contributed by atoms with E-state index in [0.29, 0.717) is 24.7 Å². The van der Waals surface area contributed by atoms with Crippen LogP contribution >= 0.6 is 0 Å². The Morgan fingerprint density at radius 2 is 1.60 bits per heavy atom. The summed E-state index contributed by atoms with van der Waals surface area (Å²) in [6.07, 6.45) is 0.493. The van der Waals surface area contributed by atoms with Crippen LogP contribution in [0.15, 0.2) is 73.3 Å². The van der Waals surface area contributed by atoms with Crippen molar-refractivity contribution >= 4 is 22.8 Å². The van der Waals surface area contributed by atoms with E-state index in [1.807, 2.05) is 67.6 Å². The molecule has 35 heavy (non-hydrogen) atoms. The lowest BCUT2D eigenvalue weighted by Gasteiger charge is -2.16. The van der Waals surface area contributed by atoms with Crippen LogP contribution in [0.25, 0.3) is 10.8 Å². The molecule has 1 N–H and O–H groups in total. The monoisotopic (exact) mass is 479 g/mol. The first-order valence-electron chi connectivity index (χ1n) is 11.2. The summed E-state index contributed by atoms with van der Waals surface area (Å²) >= 11 is 0. The van der Waals surface area contributed by atoms with E-state index >= 15 is 0 Å². The minimum absolute atomic E-state index is 0.118. The highest BCUT2D eigenvalue weighted by Gasteiger charge is 2.15. The zero-order valence-electron chi connectivity index (χ0n) is 19.7. The molecule has 0 unspecified atom stereocenters. The first-order chi connectivity index (χ1) is 17.1. The second-order valence-electron chi connectivity index (χ2n) is 7.38. The minimum Gasteiger partial charge on any atom is -0.490 e. The molecule has 184 valence electrons. The SMILES string of the molecule is C=CC(=O)OCCOCCNC(=O)Oc1c(C)cc(OCCOc2ccccc2)c2ccccc12. The van der Waals surface area contributed by atoms with Crippen molar-refractivity contribution in [3.8, 4) is 17.2 Å². The van der Waals surface area contributed by atoms with Gasteiger partial charge in [-0.15, -0.1) is 0 Å². The van der Waals surface area contributed by atoms with Crippen molar-refractivity contribution in [3.05, 3.63) is 78.9 Å². The van der Waals surface area contributed by atoms with Crippen LogP contribution in [0.1, 0.15) is 5.56 Å². The zero-order valence-corrected chi connectivity index (χ0v) is 19.7. The van der Waals surface area contributed by atoms with Crippen molar-refractivity contribution in [2.45, 2.75) is 6.92 Å². The normalized spacial score (nSPS) is 10.4. The van der Waals surface area contributed by atoms with Gasteiger partial charge in [0.05, 0.1) is 13.2 Å². The fraction of sp³-hybridized carbons (Fsp3) is 0.259. The molecule has 3 aromatic carbocycles. The topological polar surface area (TPSA) is 92.3 Å². The van der Waals surface area contributed by atoms with Gasteiger partial charge in [-0.3, -0.25) is 0 Å². The molecule has 0 aromatic heterocycles. The summed E-state index contributed by atoms with van der Waals surface area (Å²) in [4.78, 5) is 23.3. The van der Waals surface area contributed by atoms with E-state index in [0.717, 1.165) is 28.2 Å². The number of hydrogen-bond donors (Lipinski definition) is 1. The first kappa shape index (κ1) is 25.6. The van der Waals surface area contributed by atoms with Gasteiger partial charge < -0.3 is 29.0 Å². The Labute approximate surface area is 204 Å². The molecule has 0 saturated heterocycles. The van der Waals surface area contributed by atoms with Gasteiger partial charge in [-0.25, -0.2) is 9.59 Å². The molecule has 8 heteroatoms. The highest BCUT2D eigenvalue weighted by atomic mass is 16.6. The molecule has 0 spiro atoms. The van der Waals surface area contributed by atoms with Crippen LogP contribution in [0.2, 0.25) is 0 Å². The fourth-order valence-corrected chi connectivity index (χ4v) is 3.25. The van der Waals surface area contributed by atoms with Crippen molar-refractivity contribution in [2.75, 3.05) is 39.6 Å². The number of amides is 1. The van der Waals surface area contributed by atoms with Gasteiger partial charge in [0.1, 0.15) is 37.1 Å². The van der Waals surface area contributed by atoms with Crippen LogP contribution in [0.5, 0.6) is 17.2 Å². The Hall–Kier alpha value is -4.04. The van der Waals surface area contributed by atoms with Crippen molar-refractivity contribution in [1.29, 1.82) is 0 Å². The van der Waals surface area contributed by atoms with Gasteiger partial charge in [-0.2, -0.15) is 0 Å². The number of nitrogens with one attached hydrogen (secondary N) is 1. The molecule has 0 aliphatic carbocycles. The summed E-state index contributed by atoms with van der Waals surface area (Å²) in [5.74, 6) is 1.43. The number of carbonyl (C=O) groups excluding carboxylic acids is 2. The fourth-order valence-electron chi connectivity index (χ4n) is 3.25. The van der Waals surface area contributed by atoms with Crippen LogP contribution in [0.4, 0.5) is 4.79 Å². The van der Waals surface area contributed by atoms with Gasteiger partial charge in [0.15, 0.2) is 0 Å². The molecule has 0 saturated carbocycles. The standard InChI is InChI=1S/C27H29NO7/c1-3-25(29)34-16-15-31-14-13-28-27(30)35-26-20(2)19-24(22-11-7-8-12-23(22)26)33-18-17-32-21-9-5-4-6-10-21/h3-12,19H,1,13-18H2,2H3,(H,28,30). The number of ether oxygens (including phenoxy) is 5. The number of benzene rings is 3. The van der Waals surface area contributed by atoms with Crippen LogP contribution in [0.3, 0.4) is 0 Å². The Morgan fingerprint density at radius 1 is 0.886 bits per heavy atom. The van der Waals surface area contributed by atoms with E-state index < -0.39 is 12.1 Å². The molecule has 3 rings (SSSR count). The van der Waals surface area contributed by atoms with E-state index in [4.69, 9.17) is 23.7 Å². The van der Waals surface area contributed by atoms with Gasteiger partial charge in [0.25, 0.3) is 0 Å². The smallest absolute Gasteiger partial charge is 0.412 e. The summed E-state index contributed by atoms with van der Waals surface area (Å²) in [6, 6.07) is 19.0. The van der Waals surface area contributed by atoms with Gasteiger partial charge in [-0.1, -0.05) is 49.0 Å². The van der Waals surface area contributed by atoms with E-state index in [1.54, 1.807) is 0 Å². The number of fused-ring (bicyclic) bond motifs is 1. The molecule has 8 nitrogen and oxygen atoms in total. The summed E-state index contributed by atoms with van der Waals surface area (Å²) in [5, 5.41) is 4.25. The third-order valence-corrected chi connectivity index (χ3v) is 4.84. The lowest BCUT2D eigenvalue weighted by atomic mass is 10.0. The minimum atomic E-state index is -0.593. The predicted molar refractivity (Wildman–Crippen MR) is 132 cm³/mol. The molecule has 0 radical (unpaired) electrons. The lowest BCUT2D eigenvalue weighted by molar-refractivity contribution is -0.139. The number of para-hydroxylation sites is 1. The summed E-state index contributed by atoms with van der Waals surface area (Å²) in [5.41, 5.74) is 0.762. The van der Waals surface area contributed by atoms with Gasteiger partial charge in [0, 0.05) is 23.4 Å². The summed E-state index contributed by atoms with van der Waals surface area (Å²) < 4.78 is 27.4. The van der Waals surface area contributed by atoms with Crippen LogP contribution in [0, 0.1) is 6.92 Å². The number of carbonyl (C=O) groups is 2. The van der Waals surface area contributed by atoms with Gasteiger partial charge in [-0.05, 0) is 30.7 Å². The van der Waals surface area contributed by atoms with E-state index in [9.17, 15) is 9.59 Å². The maximum Gasteiger partial charge on any atom is 0.412 e. The number of rotatable bonds is 13. The highest BCUT2D eigenvalue weighted by molar-refractivity contribution is 5.95. The quantitative estimate of drug-likeness (QED) is 0.220. The zero-order chi connectivity index (χ0) is 24.9. The molecule has 1 amide bonds. The Bertz CT molecular complexity index is 1130. The van der Waals surface area contributed by atoms with E-state index in [-0.39, 0.29) is 26.4 Å². The summed E-state index contributed by atoms with van der Waals surface area (Å²) in [6.45, 7) is 6.77. The highest BCUT2D eigenvalue weighted by Crippen LogP contribution is 2.36. The molecule has 3 aromatic rings. The molecule has 0 fully saturated rings. The molecule has 0 heterocycles. The maximum absolute atomic E-state index is 12.3. The number of aryl methyl sites for hydroxylation is 1. The number of esters is 1. The van der Waals surface area contributed by atoms with E-state index in [2.05, 4.69) is 11.9 Å². The Balaban J connectivity index is 1.51. The van der Waals surface area contributed by atoms with Crippen molar-refractivity contribution in [3.63, 3.8) is 0 Å². The van der Waals surface area contributed by atoms with E-state index in [1.165, 1.54) is 0 Å². The second-order valence-corrected chi connectivity index (χ2v) is 7.38. The Morgan fingerprint density at radius 3 is 2.37 bits per heavy atom. The number of hydrogen-bond acceptors (Lipinski definition) is 7. The molecule has 0 aliphatic rings. The molecular weight excluding hydrogens is 450 g/mol. The van der Waals surface area contributed by atoms with Crippen LogP contribution in [-0.4, -0.2) is 51.6 Å². The third kappa shape index (κ3) is 8.04. The molecule has 0 bridgehead atoms. The Kier molecular flexibility index (Phi) is 9.95. The largest absolute Gasteiger partial charge is 0.490 e.